The van der Waals surface area contributed by atoms with Crippen molar-refractivity contribution in [3.63, 3.8) is 0 Å². The van der Waals surface area contributed by atoms with Crippen LogP contribution in [0.1, 0.15) is 13.3 Å². The van der Waals surface area contributed by atoms with Crippen LogP contribution in [0.25, 0.3) is 0 Å². The SMILES string of the molecule is COc1cccc(NNC(=O)CC(C)=O)c1. The van der Waals surface area contributed by atoms with Crippen molar-refractivity contribution in [3.8, 4) is 5.75 Å². The molecule has 1 amide bonds. The summed E-state index contributed by atoms with van der Waals surface area (Å²) in [6.45, 7) is 1.37. The van der Waals surface area contributed by atoms with Crippen LogP contribution < -0.4 is 15.6 Å². The molecule has 0 fully saturated rings. The summed E-state index contributed by atoms with van der Waals surface area (Å²) in [5.74, 6) is 0.145. The number of carbonyl (C=O) groups is 2. The van der Waals surface area contributed by atoms with Crippen LogP contribution >= 0.6 is 0 Å². The molecule has 2 N–H and O–H groups in total. The van der Waals surface area contributed by atoms with Crippen molar-refractivity contribution in [2.75, 3.05) is 12.5 Å². The number of hydrogen-bond acceptors (Lipinski definition) is 4. The van der Waals surface area contributed by atoms with Gasteiger partial charge in [0, 0.05) is 6.07 Å². The molecule has 5 heteroatoms. The Balaban J connectivity index is 2.47. The molecule has 0 unspecified atom stereocenters. The number of amides is 1. The van der Waals surface area contributed by atoms with Crippen molar-refractivity contribution < 1.29 is 14.3 Å². The number of Topliss-reactive ketones (excluding diaryl/α,β-unsaturated/α-hetero) is 1. The third-order valence-electron chi connectivity index (χ3n) is 1.83. The number of benzene rings is 1. The second-order valence-electron chi connectivity index (χ2n) is 3.28. The highest BCUT2D eigenvalue weighted by molar-refractivity contribution is 5.97. The van der Waals surface area contributed by atoms with Crippen molar-refractivity contribution in [2.24, 2.45) is 0 Å². The Morgan fingerprint density at radius 3 is 2.75 bits per heavy atom. The van der Waals surface area contributed by atoms with Crippen LogP contribution in [-0.4, -0.2) is 18.8 Å². The van der Waals surface area contributed by atoms with Gasteiger partial charge in [-0.05, 0) is 19.1 Å². The van der Waals surface area contributed by atoms with E-state index in [1.165, 1.54) is 6.92 Å². The van der Waals surface area contributed by atoms with Gasteiger partial charge in [-0.25, -0.2) is 0 Å². The third kappa shape index (κ3) is 4.00. The molecule has 0 heterocycles. The van der Waals surface area contributed by atoms with Crippen LogP contribution in [0.3, 0.4) is 0 Å². The van der Waals surface area contributed by atoms with E-state index in [1.54, 1.807) is 31.4 Å². The number of hydrazine groups is 1. The van der Waals surface area contributed by atoms with Crippen molar-refractivity contribution in [1.82, 2.24) is 5.43 Å². The van der Waals surface area contributed by atoms with E-state index in [0.717, 1.165) is 0 Å². The van der Waals surface area contributed by atoms with Gasteiger partial charge in [0.25, 0.3) is 0 Å². The summed E-state index contributed by atoms with van der Waals surface area (Å²) in [6.07, 6.45) is -0.128. The minimum Gasteiger partial charge on any atom is -0.497 e. The average Bonchev–Trinajstić information content (AvgIpc) is 2.26. The Morgan fingerprint density at radius 2 is 2.12 bits per heavy atom. The smallest absolute Gasteiger partial charge is 0.245 e. The average molecular weight is 222 g/mol. The first-order chi connectivity index (χ1) is 7.61. The molecule has 0 saturated carbocycles. The third-order valence-corrected chi connectivity index (χ3v) is 1.83. The molecule has 0 spiro atoms. The molecule has 0 aliphatic heterocycles. The van der Waals surface area contributed by atoms with E-state index in [1.807, 2.05) is 0 Å². The van der Waals surface area contributed by atoms with Crippen LogP contribution in [0.2, 0.25) is 0 Å². The maximum absolute atomic E-state index is 11.2. The van der Waals surface area contributed by atoms with Crippen molar-refractivity contribution >= 4 is 17.4 Å². The molecule has 0 radical (unpaired) electrons. The van der Waals surface area contributed by atoms with Crippen LogP contribution in [-0.2, 0) is 9.59 Å². The maximum atomic E-state index is 11.2. The van der Waals surface area contributed by atoms with Gasteiger partial charge in [-0.3, -0.25) is 20.4 Å². The van der Waals surface area contributed by atoms with Gasteiger partial charge in [-0.2, -0.15) is 0 Å². The lowest BCUT2D eigenvalue weighted by Gasteiger charge is -2.08. The number of ether oxygens (including phenoxy) is 1. The van der Waals surface area contributed by atoms with E-state index < -0.39 is 0 Å². The Morgan fingerprint density at radius 1 is 1.38 bits per heavy atom. The zero-order valence-electron chi connectivity index (χ0n) is 9.24. The predicted molar refractivity (Wildman–Crippen MR) is 60.1 cm³/mol. The number of ketones is 1. The van der Waals surface area contributed by atoms with Crippen LogP contribution in [0.4, 0.5) is 5.69 Å². The summed E-state index contributed by atoms with van der Waals surface area (Å²) < 4.78 is 5.02. The van der Waals surface area contributed by atoms with Crippen LogP contribution in [0, 0.1) is 0 Å². The first-order valence-electron chi connectivity index (χ1n) is 4.80. The number of rotatable bonds is 5. The first-order valence-corrected chi connectivity index (χ1v) is 4.80. The number of methoxy groups -OCH3 is 1. The normalized spacial score (nSPS) is 9.38. The number of anilines is 1. The van der Waals surface area contributed by atoms with E-state index in [2.05, 4.69) is 10.9 Å². The van der Waals surface area contributed by atoms with Gasteiger partial charge < -0.3 is 4.74 Å². The molecule has 1 aromatic rings. The van der Waals surface area contributed by atoms with Gasteiger partial charge in [0.15, 0.2) is 0 Å². The summed E-state index contributed by atoms with van der Waals surface area (Å²) in [7, 11) is 1.56. The molecule has 0 saturated heterocycles. The highest BCUT2D eigenvalue weighted by Crippen LogP contribution is 2.15. The highest BCUT2D eigenvalue weighted by atomic mass is 16.5. The number of hydrogen-bond donors (Lipinski definition) is 2. The second-order valence-corrected chi connectivity index (χ2v) is 3.28. The molecule has 0 aliphatic rings. The van der Waals surface area contributed by atoms with Gasteiger partial charge in [0.2, 0.25) is 5.91 Å². The van der Waals surface area contributed by atoms with Gasteiger partial charge in [-0.1, -0.05) is 6.07 Å². The fourth-order valence-corrected chi connectivity index (χ4v) is 1.11. The minimum atomic E-state index is -0.365. The highest BCUT2D eigenvalue weighted by Gasteiger charge is 2.03. The topological polar surface area (TPSA) is 67.4 Å². The lowest BCUT2D eigenvalue weighted by atomic mass is 10.3. The lowest BCUT2D eigenvalue weighted by Crippen LogP contribution is -2.30. The molecule has 0 aliphatic carbocycles. The number of nitrogens with one attached hydrogen (secondary N) is 2. The fourth-order valence-electron chi connectivity index (χ4n) is 1.11. The van der Waals surface area contributed by atoms with E-state index in [0.29, 0.717) is 11.4 Å². The largest absolute Gasteiger partial charge is 0.497 e. The summed E-state index contributed by atoms with van der Waals surface area (Å²) in [5.41, 5.74) is 5.80. The minimum absolute atomic E-state index is 0.128. The number of carbonyl (C=O) groups excluding carboxylic acids is 2. The summed E-state index contributed by atoms with van der Waals surface area (Å²) in [5, 5.41) is 0. The Hall–Kier alpha value is -2.04. The van der Waals surface area contributed by atoms with Crippen molar-refractivity contribution in [2.45, 2.75) is 13.3 Å². The molecule has 0 bridgehead atoms. The van der Waals surface area contributed by atoms with E-state index in [9.17, 15) is 9.59 Å². The molecule has 86 valence electrons. The van der Waals surface area contributed by atoms with Gasteiger partial charge in [0.05, 0.1) is 19.2 Å². The molecule has 5 nitrogen and oxygen atoms in total. The van der Waals surface area contributed by atoms with E-state index in [4.69, 9.17) is 4.74 Å². The van der Waals surface area contributed by atoms with E-state index in [-0.39, 0.29) is 18.1 Å². The monoisotopic (exact) mass is 222 g/mol. The molecular weight excluding hydrogens is 208 g/mol. The molecule has 1 rings (SSSR count). The molecule has 0 atom stereocenters. The molecule has 16 heavy (non-hydrogen) atoms. The second kappa shape index (κ2) is 5.75. The molecule has 0 aromatic heterocycles. The predicted octanol–water partition coefficient (Wildman–Crippen LogP) is 1.12. The van der Waals surface area contributed by atoms with Crippen molar-refractivity contribution in [1.29, 1.82) is 0 Å². The zero-order chi connectivity index (χ0) is 12.0. The fraction of sp³-hybridized carbons (Fsp3) is 0.273. The van der Waals surface area contributed by atoms with Crippen molar-refractivity contribution in [3.05, 3.63) is 24.3 Å². The summed E-state index contributed by atoms with van der Waals surface area (Å²) >= 11 is 0. The summed E-state index contributed by atoms with van der Waals surface area (Å²) in [6, 6.07) is 7.09. The quantitative estimate of drug-likeness (QED) is 0.578. The first kappa shape index (κ1) is 12.0. The Bertz CT molecular complexity index is 391. The summed E-state index contributed by atoms with van der Waals surface area (Å²) in [4.78, 5) is 21.8. The maximum Gasteiger partial charge on any atom is 0.245 e. The lowest BCUT2D eigenvalue weighted by molar-refractivity contribution is -0.126. The Kier molecular flexibility index (Phi) is 4.32. The Labute approximate surface area is 93.8 Å². The van der Waals surface area contributed by atoms with Gasteiger partial charge in [0.1, 0.15) is 11.5 Å². The zero-order valence-corrected chi connectivity index (χ0v) is 9.24. The van der Waals surface area contributed by atoms with Gasteiger partial charge in [-0.15, -0.1) is 0 Å². The molecular formula is C11H14N2O3. The van der Waals surface area contributed by atoms with E-state index >= 15 is 0 Å². The van der Waals surface area contributed by atoms with Crippen LogP contribution in [0.5, 0.6) is 5.75 Å². The van der Waals surface area contributed by atoms with Gasteiger partial charge >= 0.3 is 0 Å². The standard InChI is InChI=1S/C11H14N2O3/c1-8(14)6-11(15)13-12-9-4-3-5-10(7-9)16-2/h3-5,7,12H,6H2,1-2H3,(H,13,15). The van der Waals surface area contributed by atoms with Crippen LogP contribution in [0.15, 0.2) is 24.3 Å². The molecule has 1 aromatic carbocycles.